The first-order chi connectivity index (χ1) is 17.9. The van der Waals surface area contributed by atoms with E-state index in [2.05, 4.69) is 52.0 Å². The van der Waals surface area contributed by atoms with Crippen LogP contribution in [0.5, 0.6) is 11.5 Å². The molecule has 3 unspecified atom stereocenters. The fourth-order valence-corrected chi connectivity index (χ4v) is 4.63. The van der Waals surface area contributed by atoms with Gasteiger partial charge in [0.25, 0.3) is 0 Å². The van der Waals surface area contributed by atoms with E-state index >= 15 is 0 Å². The number of hydrogen-bond acceptors (Lipinski definition) is 4. The molecule has 4 aromatic rings. The van der Waals surface area contributed by atoms with Gasteiger partial charge in [-0.05, 0) is 66.5 Å². The fraction of sp³-hybridized carbons (Fsp3) is 0.303. The SMILES string of the molecule is CCC(C)c1ccc(OC(Oc2cccc3c(C(=O)OC)cccc23)C(C)(CC)c2ccccc2)cc1. The number of ether oxygens (including phenoxy) is 3. The molecule has 0 aliphatic heterocycles. The van der Waals surface area contributed by atoms with Crippen LogP contribution in [0.15, 0.2) is 91.0 Å². The van der Waals surface area contributed by atoms with Gasteiger partial charge in [-0.2, -0.15) is 0 Å². The van der Waals surface area contributed by atoms with Crippen molar-refractivity contribution in [2.45, 2.75) is 58.2 Å². The van der Waals surface area contributed by atoms with Crippen LogP contribution in [0.2, 0.25) is 0 Å². The van der Waals surface area contributed by atoms with Crippen molar-refractivity contribution >= 4 is 16.7 Å². The Hall–Kier alpha value is -3.79. The summed E-state index contributed by atoms with van der Waals surface area (Å²) in [5.74, 6) is 1.52. The molecule has 4 rings (SSSR count). The Morgan fingerprint density at radius 2 is 1.49 bits per heavy atom. The summed E-state index contributed by atoms with van der Waals surface area (Å²) in [5.41, 5.74) is 2.48. The van der Waals surface area contributed by atoms with Gasteiger partial charge in [0.05, 0.1) is 18.1 Å². The first-order valence-electron chi connectivity index (χ1n) is 13.0. The van der Waals surface area contributed by atoms with Gasteiger partial charge in [0.1, 0.15) is 11.5 Å². The van der Waals surface area contributed by atoms with E-state index < -0.39 is 11.7 Å². The predicted octanol–water partition coefficient (Wildman–Crippen LogP) is 8.29. The molecule has 37 heavy (non-hydrogen) atoms. The molecule has 0 fully saturated rings. The fourth-order valence-electron chi connectivity index (χ4n) is 4.63. The number of methoxy groups -OCH3 is 1. The third-order valence-electron chi connectivity index (χ3n) is 7.51. The second kappa shape index (κ2) is 11.5. The smallest absolute Gasteiger partial charge is 0.338 e. The number of fused-ring (bicyclic) bond motifs is 1. The van der Waals surface area contributed by atoms with Crippen molar-refractivity contribution in [1.29, 1.82) is 0 Å². The van der Waals surface area contributed by atoms with Gasteiger partial charge in [0.15, 0.2) is 0 Å². The number of rotatable bonds is 10. The van der Waals surface area contributed by atoms with Gasteiger partial charge >= 0.3 is 5.97 Å². The lowest BCUT2D eigenvalue weighted by Crippen LogP contribution is -2.44. The molecule has 4 aromatic carbocycles. The Bertz CT molecular complexity index is 1330. The summed E-state index contributed by atoms with van der Waals surface area (Å²) < 4.78 is 18.4. The monoisotopic (exact) mass is 496 g/mol. The minimum absolute atomic E-state index is 0.375. The Balaban J connectivity index is 1.77. The summed E-state index contributed by atoms with van der Waals surface area (Å²) in [5, 5.41) is 1.61. The molecule has 0 aromatic heterocycles. The van der Waals surface area contributed by atoms with Crippen molar-refractivity contribution in [3.63, 3.8) is 0 Å². The van der Waals surface area contributed by atoms with Crippen molar-refractivity contribution in [1.82, 2.24) is 0 Å². The average Bonchev–Trinajstić information content (AvgIpc) is 2.96. The lowest BCUT2D eigenvalue weighted by atomic mass is 9.79. The molecule has 0 radical (unpaired) electrons. The third-order valence-corrected chi connectivity index (χ3v) is 7.51. The molecule has 4 nitrogen and oxygen atoms in total. The van der Waals surface area contributed by atoms with Gasteiger partial charge in [-0.3, -0.25) is 0 Å². The molecule has 0 aliphatic carbocycles. The van der Waals surface area contributed by atoms with Crippen molar-refractivity contribution < 1.29 is 19.0 Å². The summed E-state index contributed by atoms with van der Waals surface area (Å²) in [4.78, 5) is 12.4. The molecular weight excluding hydrogens is 460 g/mol. The molecule has 0 saturated heterocycles. The van der Waals surface area contributed by atoms with Gasteiger partial charge < -0.3 is 14.2 Å². The quantitative estimate of drug-likeness (QED) is 0.164. The molecule has 0 N–H and O–H groups in total. The van der Waals surface area contributed by atoms with Crippen LogP contribution >= 0.6 is 0 Å². The van der Waals surface area contributed by atoms with Crippen LogP contribution in [0, 0.1) is 0 Å². The first kappa shape index (κ1) is 26.3. The van der Waals surface area contributed by atoms with Gasteiger partial charge in [-0.1, -0.05) is 87.5 Å². The molecule has 0 saturated carbocycles. The van der Waals surface area contributed by atoms with Crippen LogP contribution in [-0.2, 0) is 10.2 Å². The van der Waals surface area contributed by atoms with E-state index in [0.717, 1.165) is 34.9 Å². The van der Waals surface area contributed by atoms with E-state index in [0.29, 0.717) is 17.2 Å². The summed E-state index contributed by atoms with van der Waals surface area (Å²) >= 11 is 0. The average molecular weight is 497 g/mol. The Kier molecular flexibility index (Phi) is 8.17. The molecule has 0 heterocycles. The minimum atomic E-state index is -0.623. The highest BCUT2D eigenvalue weighted by molar-refractivity contribution is 6.06. The van der Waals surface area contributed by atoms with Crippen molar-refractivity contribution in [2.24, 2.45) is 0 Å². The second-order valence-corrected chi connectivity index (χ2v) is 9.73. The summed E-state index contributed by atoms with van der Waals surface area (Å²) in [6, 6.07) is 30.0. The third kappa shape index (κ3) is 5.48. The maximum Gasteiger partial charge on any atom is 0.338 e. The number of hydrogen-bond donors (Lipinski definition) is 0. The molecule has 0 aliphatic rings. The largest absolute Gasteiger partial charge is 0.465 e. The predicted molar refractivity (Wildman–Crippen MR) is 150 cm³/mol. The molecule has 4 heteroatoms. The van der Waals surface area contributed by atoms with Crippen LogP contribution in [0.4, 0.5) is 0 Å². The number of esters is 1. The maximum atomic E-state index is 12.4. The second-order valence-electron chi connectivity index (χ2n) is 9.73. The minimum Gasteiger partial charge on any atom is -0.465 e. The standard InChI is InChI=1S/C33H36O4/c1-6-23(3)24-19-21-26(22-20-24)36-32(33(4,7-2)25-13-9-8-10-14-25)37-30-18-12-15-27-28(30)16-11-17-29(27)31(34)35-5/h8-23,32H,6-7H2,1-5H3. The number of carbonyl (C=O) groups is 1. The van der Waals surface area contributed by atoms with Gasteiger partial charge in [0, 0.05) is 5.39 Å². The zero-order chi connectivity index (χ0) is 26.4. The Labute approximate surface area is 220 Å². The summed E-state index contributed by atoms with van der Waals surface area (Å²) in [6.45, 7) is 8.75. The lowest BCUT2D eigenvalue weighted by molar-refractivity contribution is -0.0536. The lowest BCUT2D eigenvalue weighted by Gasteiger charge is -2.37. The van der Waals surface area contributed by atoms with Crippen LogP contribution in [0.25, 0.3) is 10.8 Å². The van der Waals surface area contributed by atoms with Crippen molar-refractivity contribution in [3.8, 4) is 11.5 Å². The summed E-state index contributed by atoms with van der Waals surface area (Å²) in [6.07, 6.45) is 1.26. The number of benzene rings is 4. The highest BCUT2D eigenvalue weighted by Crippen LogP contribution is 2.38. The van der Waals surface area contributed by atoms with Crippen LogP contribution in [0.3, 0.4) is 0 Å². The van der Waals surface area contributed by atoms with E-state index in [1.54, 1.807) is 6.07 Å². The van der Waals surface area contributed by atoms with Crippen LogP contribution in [0.1, 0.15) is 67.9 Å². The van der Waals surface area contributed by atoms with Crippen LogP contribution < -0.4 is 9.47 Å². The number of carbonyl (C=O) groups excluding carboxylic acids is 1. The molecular formula is C33H36O4. The van der Waals surface area contributed by atoms with Gasteiger partial charge in [-0.25, -0.2) is 4.79 Å². The van der Waals surface area contributed by atoms with Gasteiger partial charge in [0.2, 0.25) is 6.29 Å². The first-order valence-corrected chi connectivity index (χ1v) is 13.0. The highest BCUT2D eigenvalue weighted by atomic mass is 16.7. The zero-order valence-corrected chi connectivity index (χ0v) is 22.4. The molecule has 0 bridgehead atoms. The van der Waals surface area contributed by atoms with E-state index in [-0.39, 0.29) is 5.97 Å². The highest BCUT2D eigenvalue weighted by Gasteiger charge is 2.39. The van der Waals surface area contributed by atoms with Gasteiger partial charge in [-0.15, -0.1) is 0 Å². The molecule has 0 spiro atoms. The Morgan fingerprint density at radius 1 is 0.811 bits per heavy atom. The zero-order valence-electron chi connectivity index (χ0n) is 22.4. The van der Waals surface area contributed by atoms with E-state index in [1.807, 2.05) is 60.7 Å². The molecule has 192 valence electrons. The topological polar surface area (TPSA) is 44.8 Å². The summed E-state index contributed by atoms with van der Waals surface area (Å²) in [7, 11) is 1.39. The maximum absolute atomic E-state index is 12.4. The molecule has 0 amide bonds. The van der Waals surface area contributed by atoms with E-state index in [4.69, 9.17) is 14.2 Å². The van der Waals surface area contributed by atoms with E-state index in [9.17, 15) is 4.79 Å². The Morgan fingerprint density at radius 3 is 2.14 bits per heavy atom. The van der Waals surface area contributed by atoms with Crippen molar-refractivity contribution in [2.75, 3.05) is 7.11 Å². The molecule has 3 atom stereocenters. The normalized spacial score (nSPS) is 14.4. The van der Waals surface area contributed by atoms with E-state index in [1.165, 1.54) is 12.7 Å². The van der Waals surface area contributed by atoms with Crippen LogP contribution in [-0.4, -0.2) is 19.4 Å². The van der Waals surface area contributed by atoms with Crippen molar-refractivity contribution in [3.05, 3.63) is 108 Å².